The maximum atomic E-state index is 6.03. The highest BCUT2D eigenvalue weighted by molar-refractivity contribution is 6.30. The number of benzene rings is 1. The SMILES string of the molecule is NC[C@H](N)c1cc2ccccc2nc1Cl. The Morgan fingerprint density at radius 3 is 2.80 bits per heavy atom. The standard InChI is InChI=1S/C11H12ClN3/c12-11-8(9(14)6-13)5-7-3-1-2-4-10(7)15-11/h1-5,9H,6,13-14H2/t9-/m0/s1. The van der Waals surface area contributed by atoms with E-state index in [-0.39, 0.29) is 6.04 Å². The molecular weight excluding hydrogens is 210 g/mol. The van der Waals surface area contributed by atoms with Crippen LogP contribution in [0, 0.1) is 0 Å². The Kier molecular flexibility index (Phi) is 2.86. The second kappa shape index (κ2) is 4.14. The Labute approximate surface area is 93.0 Å². The first kappa shape index (κ1) is 10.4. The zero-order valence-corrected chi connectivity index (χ0v) is 8.91. The Hall–Kier alpha value is -1.16. The zero-order valence-electron chi connectivity index (χ0n) is 8.15. The topological polar surface area (TPSA) is 64.9 Å². The maximum absolute atomic E-state index is 6.03. The first-order valence-electron chi connectivity index (χ1n) is 4.73. The molecule has 0 unspecified atom stereocenters. The maximum Gasteiger partial charge on any atom is 0.134 e. The monoisotopic (exact) mass is 221 g/mol. The molecule has 0 fully saturated rings. The molecule has 0 bridgehead atoms. The number of halogens is 1. The van der Waals surface area contributed by atoms with Crippen LogP contribution in [0.4, 0.5) is 0 Å². The molecule has 1 aromatic heterocycles. The van der Waals surface area contributed by atoms with Crippen molar-refractivity contribution < 1.29 is 0 Å². The van der Waals surface area contributed by atoms with Crippen LogP contribution in [-0.4, -0.2) is 11.5 Å². The van der Waals surface area contributed by atoms with Crippen LogP contribution in [0.3, 0.4) is 0 Å². The molecule has 4 heteroatoms. The predicted molar refractivity (Wildman–Crippen MR) is 62.7 cm³/mol. The summed E-state index contributed by atoms with van der Waals surface area (Å²) in [5.41, 5.74) is 13.0. The fraction of sp³-hybridized carbons (Fsp3) is 0.182. The van der Waals surface area contributed by atoms with Gasteiger partial charge in [-0.1, -0.05) is 29.8 Å². The molecule has 2 aromatic rings. The summed E-state index contributed by atoms with van der Waals surface area (Å²) >= 11 is 6.03. The third kappa shape index (κ3) is 1.95. The molecule has 1 heterocycles. The van der Waals surface area contributed by atoms with Gasteiger partial charge in [0.2, 0.25) is 0 Å². The van der Waals surface area contributed by atoms with Gasteiger partial charge in [-0.15, -0.1) is 0 Å². The fourth-order valence-electron chi connectivity index (χ4n) is 1.50. The van der Waals surface area contributed by atoms with Gasteiger partial charge in [0.25, 0.3) is 0 Å². The summed E-state index contributed by atoms with van der Waals surface area (Å²) < 4.78 is 0. The Morgan fingerprint density at radius 2 is 2.07 bits per heavy atom. The molecule has 4 N–H and O–H groups in total. The van der Waals surface area contributed by atoms with Crippen LogP contribution in [-0.2, 0) is 0 Å². The van der Waals surface area contributed by atoms with Crippen LogP contribution < -0.4 is 11.5 Å². The second-order valence-electron chi connectivity index (χ2n) is 3.40. The van der Waals surface area contributed by atoms with Gasteiger partial charge in [0.05, 0.1) is 5.52 Å². The summed E-state index contributed by atoms with van der Waals surface area (Å²) in [4.78, 5) is 4.27. The molecule has 1 aromatic carbocycles. The van der Waals surface area contributed by atoms with Crippen LogP contribution in [0.1, 0.15) is 11.6 Å². The van der Waals surface area contributed by atoms with E-state index in [1.54, 1.807) is 0 Å². The minimum absolute atomic E-state index is 0.255. The highest BCUT2D eigenvalue weighted by atomic mass is 35.5. The second-order valence-corrected chi connectivity index (χ2v) is 3.76. The van der Waals surface area contributed by atoms with Crippen molar-refractivity contribution in [3.05, 3.63) is 41.0 Å². The van der Waals surface area contributed by atoms with Gasteiger partial charge in [-0.3, -0.25) is 0 Å². The van der Waals surface area contributed by atoms with Gasteiger partial charge in [0.15, 0.2) is 0 Å². The lowest BCUT2D eigenvalue weighted by molar-refractivity contribution is 0.735. The van der Waals surface area contributed by atoms with E-state index in [1.807, 2.05) is 30.3 Å². The van der Waals surface area contributed by atoms with Gasteiger partial charge >= 0.3 is 0 Å². The minimum Gasteiger partial charge on any atom is -0.329 e. The van der Waals surface area contributed by atoms with Crippen LogP contribution >= 0.6 is 11.6 Å². The summed E-state index contributed by atoms with van der Waals surface area (Å²) in [7, 11) is 0. The Bertz CT molecular complexity index is 484. The normalized spacial score (nSPS) is 13.0. The summed E-state index contributed by atoms with van der Waals surface area (Å²) in [6.07, 6.45) is 0. The van der Waals surface area contributed by atoms with Crippen molar-refractivity contribution in [1.29, 1.82) is 0 Å². The number of rotatable bonds is 2. The zero-order chi connectivity index (χ0) is 10.8. The molecule has 0 saturated heterocycles. The fourth-order valence-corrected chi connectivity index (χ4v) is 1.78. The lowest BCUT2D eigenvalue weighted by Gasteiger charge is -2.11. The van der Waals surface area contributed by atoms with Crippen molar-refractivity contribution in [1.82, 2.24) is 4.98 Å². The van der Waals surface area contributed by atoms with Gasteiger partial charge in [0, 0.05) is 23.5 Å². The van der Waals surface area contributed by atoms with Crippen molar-refractivity contribution in [3.8, 4) is 0 Å². The molecule has 0 radical (unpaired) electrons. The van der Waals surface area contributed by atoms with Crippen molar-refractivity contribution in [2.45, 2.75) is 6.04 Å². The third-order valence-electron chi connectivity index (χ3n) is 2.36. The first-order valence-corrected chi connectivity index (χ1v) is 5.11. The molecule has 78 valence electrons. The number of aromatic nitrogens is 1. The number of hydrogen-bond donors (Lipinski definition) is 2. The van der Waals surface area contributed by atoms with Gasteiger partial charge < -0.3 is 11.5 Å². The first-order chi connectivity index (χ1) is 7.22. The van der Waals surface area contributed by atoms with Gasteiger partial charge in [-0.2, -0.15) is 0 Å². The van der Waals surface area contributed by atoms with Crippen molar-refractivity contribution >= 4 is 22.5 Å². The van der Waals surface area contributed by atoms with Gasteiger partial charge in [-0.05, 0) is 12.1 Å². The number of hydrogen-bond acceptors (Lipinski definition) is 3. The van der Waals surface area contributed by atoms with Crippen LogP contribution in [0.5, 0.6) is 0 Å². The molecule has 0 aliphatic rings. The number of nitrogens with two attached hydrogens (primary N) is 2. The van der Waals surface area contributed by atoms with Gasteiger partial charge in [0.1, 0.15) is 5.15 Å². The largest absolute Gasteiger partial charge is 0.329 e. The molecular formula is C11H12ClN3. The van der Waals surface area contributed by atoms with E-state index in [1.165, 1.54) is 0 Å². The molecule has 0 spiro atoms. The minimum atomic E-state index is -0.255. The smallest absolute Gasteiger partial charge is 0.134 e. The molecule has 3 nitrogen and oxygen atoms in total. The van der Waals surface area contributed by atoms with E-state index in [2.05, 4.69) is 4.98 Å². The number of fused-ring (bicyclic) bond motifs is 1. The van der Waals surface area contributed by atoms with Crippen molar-refractivity contribution in [2.24, 2.45) is 11.5 Å². The molecule has 0 amide bonds. The third-order valence-corrected chi connectivity index (χ3v) is 2.66. The van der Waals surface area contributed by atoms with E-state index in [4.69, 9.17) is 23.1 Å². The summed E-state index contributed by atoms with van der Waals surface area (Å²) in [5.74, 6) is 0. The lowest BCUT2D eigenvalue weighted by atomic mass is 10.1. The van der Waals surface area contributed by atoms with Gasteiger partial charge in [-0.25, -0.2) is 4.98 Å². The summed E-state index contributed by atoms with van der Waals surface area (Å²) in [6, 6.07) is 9.46. The number of pyridine rings is 1. The molecule has 2 rings (SSSR count). The van der Waals surface area contributed by atoms with Crippen molar-refractivity contribution in [2.75, 3.05) is 6.54 Å². The number of para-hydroxylation sites is 1. The van der Waals surface area contributed by atoms with E-state index in [0.717, 1.165) is 16.5 Å². The van der Waals surface area contributed by atoms with E-state index >= 15 is 0 Å². The lowest BCUT2D eigenvalue weighted by Crippen LogP contribution is -2.21. The molecule has 1 atom stereocenters. The molecule has 0 aliphatic heterocycles. The van der Waals surface area contributed by atoms with Crippen LogP contribution in [0.15, 0.2) is 30.3 Å². The highest BCUT2D eigenvalue weighted by Crippen LogP contribution is 2.23. The molecule has 0 saturated carbocycles. The molecule has 15 heavy (non-hydrogen) atoms. The van der Waals surface area contributed by atoms with E-state index in [0.29, 0.717) is 11.7 Å². The predicted octanol–water partition coefficient (Wildman–Crippen LogP) is 1.85. The average molecular weight is 222 g/mol. The van der Waals surface area contributed by atoms with E-state index in [9.17, 15) is 0 Å². The summed E-state index contributed by atoms with van der Waals surface area (Å²) in [5, 5.41) is 1.47. The Morgan fingerprint density at radius 1 is 1.33 bits per heavy atom. The van der Waals surface area contributed by atoms with Crippen LogP contribution in [0.25, 0.3) is 10.9 Å². The quantitative estimate of drug-likeness (QED) is 0.761. The Balaban J connectivity index is 2.61. The number of nitrogens with zero attached hydrogens (tertiary/aromatic N) is 1. The molecule has 0 aliphatic carbocycles. The summed E-state index contributed by atoms with van der Waals surface area (Å²) in [6.45, 7) is 0.361. The van der Waals surface area contributed by atoms with E-state index < -0.39 is 0 Å². The highest BCUT2D eigenvalue weighted by Gasteiger charge is 2.10. The van der Waals surface area contributed by atoms with Crippen LogP contribution in [0.2, 0.25) is 5.15 Å². The van der Waals surface area contributed by atoms with Crippen molar-refractivity contribution in [3.63, 3.8) is 0 Å². The average Bonchev–Trinajstić information content (AvgIpc) is 2.27.